The van der Waals surface area contributed by atoms with Crippen LogP contribution in [0.15, 0.2) is 23.9 Å². The minimum absolute atomic E-state index is 0.676. The number of nitrogens with zero attached hydrogens (tertiary/aromatic N) is 1. The van der Waals surface area contributed by atoms with E-state index in [1.807, 2.05) is 0 Å². The maximum absolute atomic E-state index is 4.12. The molecule has 1 heteroatoms. The third-order valence-corrected chi connectivity index (χ3v) is 4.32. The standard InChI is InChI=1S/C14H26N/c1-8-11(4)12(5)9-15(10(2)3)13(6)14(15)7/h9-10,13-14H,4,8H2,1-3,5-7H3/q+1/b12-9-. The minimum Gasteiger partial charge on any atom is -0.281 e. The second kappa shape index (κ2) is 4.13. The van der Waals surface area contributed by atoms with Gasteiger partial charge in [0.25, 0.3) is 0 Å². The molecule has 1 nitrogen and oxygen atoms in total. The Morgan fingerprint density at radius 1 is 1.33 bits per heavy atom. The van der Waals surface area contributed by atoms with Crippen LogP contribution < -0.4 is 0 Å². The smallest absolute Gasteiger partial charge is 0.144 e. The molecule has 86 valence electrons. The summed E-state index contributed by atoms with van der Waals surface area (Å²) in [6.45, 7) is 17.8. The molecular weight excluding hydrogens is 182 g/mol. The van der Waals surface area contributed by atoms with Crippen LogP contribution in [0.5, 0.6) is 0 Å². The predicted molar refractivity (Wildman–Crippen MR) is 67.5 cm³/mol. The topological polar surface area (TPSA) is 0 Å². The molecule has 0 N–H and O–H groups in total. The lowest BCUT2D eigenvalue weighted by atomic mass is 10.1. The Hall–Kier alpha value is -0.560. The molecule has 1 saturated heterocycles. The van der Waals surface area contributed by atoms with Crippen LogP contribution in [0.25, 0.3) is 0 Å². The summed E-state index contributed by atoms with van der Waals surface area (Å²) in [6.07, 6.45) is 3.50. The van der Waals surface area contributed by atoms with Gasteiger partial charge in [-0.2, -0.15) is 0 Å². The van der Waals surface area contributed by atoms with Crippen LogP contribution in [-0.4, -0.2) is 22.6 Å². The lowest BCUT2D eigenvalue weighted by molar-refractivity contribution is -0.794. The Bertz CT molecular complexity index is 268. The van der Waals surface area contributed by atoms with Crippen LogP contribution in [0.4, 0.5) is 0 Å². The highest BCUT2D eigenvalue weighted by Gasteiger charge is 2.61. The van der Waals surface area contributed by atoms with E-state index in [-0.39, 0.29) is 0 Å². The average Bonchev–Trinajstić information content (AvgIpc) is 2.70. The van der Waals surface area contributed by atoms with Gasteiger partial charge in [-0.05, 0) is 46.6 Å². The summed E-state index contributed by atoms with van der Waals surface area (Å²) in [5, 5.41) is 0. The van der Waals surface area contributed by atoms with Crippen molar-refractivity contribution in [3.8, 4) is 0 Å². The summed E-state index contributed by atoms with van der Waals surface area (Å²) in [5.41, 5.74) is 2.65. The van der Waals surface area contributed by atoms with Gasteiger partial charge in [0.1, 0.15) is 18.3 Å². The van der Waals surface area contributed by atoms with Crippen molar-refractivity contribution in [2.45, 2.75) is 66.1 Å². The SMILES string of the molecule is C=C(CC)/C(C)=C\[N+]1(C(C)C)C(C)C1C. The van der Waals surface area contributed by atoms with Gasteiger partial charge >= 0.3 is 0 Å². The van der Waals surface area contributed by atoms with Gasteiger partial charge in [0.05, 0.1) is 6.04 Å². The number of quaternary nitrogens is 1. The van der Waals surface area contributed by atoms with Gasteiger partial charge in [0.15, 0.2) is 0 Å². The molecule has 15 heavy (non-hydrogen) atoms. The van der Waals surface area contributed by atoms with Gasteiger partial charge < -0.3 is 0 Å². The van der Waals surface area contributed by atoms with Gasteiger partial charge in [-0.15, -0.1) is 0 Å². The second-order valence-electron chi connectivity index (χ2n) is 5.24. The predicted octanol–water partition coefficient (Wildman–Crippen LogP) is 3.87. The van der Waals surface area contributed by atoms with Crippen molar-refractivity contribution >= 4 is 0 Å². The van der Waals surface area contributed by atoms with Gasteiger partial charge in [0, 0.05) is 5.57 Å². The van der Waals surface area contributed by atoms with E-state index >= 15 is 0 Å². The van der Waals surface area contributed by atoms with Crippen molar-refractivity contribution in [2.75, 3.05) is 0 Å². The van der Waals surface area contributed by atoms with E-state index in [0.717, 1.165) is 23.0 Å². The maximum atomic E-state index is 4.12. The van der Waals surface area contributed by atoms with E-state index in [4.69, 9.17) is 0 Å². The van der Waals surface area contributed by atoms with Crippen molar-refractivity contribution < 1.29 is 4.48 Å². The number of rotatable bonds is 4. The van der Waals surface area contributed by atoms with Crippen LogP contribution in [0.1, 0.15) is 48.0 Å². The highest BCUT2D eigenvalue weighted by molar-refractivity contribution is 5.24. The van der Waals surface area contributed by atoms with Crippen LogP contribution >= 0.6 is 0 Å². The molecule has 0 bridgehead atoms. The van der Waals surface area contributed by atoms with Crippen molar-refractivity contribution in [1.29, 1.82) is 0 Å². The molecule has 0 saturated carbocycles. The third kappa shape index (κ3) is 1.90. The van der Waals surface area contributed by atoms with E-state index in [0.29, 0.717) is 6.04 Å². The van der Waals surface area contributed by atoms with Gasteiger partial charge in [-0.1, -0.05) is 13.5 Å². The molecule has 0 radical (unpaired) electrons. The zero-order valence-electron chi connectivity index (χ0n) is 11.2. The molecule has 2 atom stereocenters. The highest BCUT2D eigenvalue weighted by atomic mass is 15.5. The fourth-order valence-electron chi connectivity index (χ4n) is 2.77. The van der Waals surface area contributed by atoms with E-state index in [1.54, 1.807) is 0 Å². The summed E-state index contributed by atoms with van der Waals surface area (Å²) in [7, 11) is 0. The lowest BCUT2D eigenvalue weighted by Gasteiger charge is -2.22. The van der Waals surface area contributed by atoms with Gasteiger partial charge in [-0.25, -0.2) is 0 Å². The first-order chi connectivity index (χ1) is 6.87. The zero-order valence-corrected chi connectivity index (χ0v) is 11.2. The fraction of sp³-hybridized carbons (Fsp3) is 0.714. The fourth-order valence-corrected chi connectivity index (χ4v) is 2.77. The minimum atomic E-state index is 0.676. The first-order valence-corrected chi connectivity index (χ1v) is 6.13. The van der Waals surface area contributed by atoms with Crippen LogP contribution in [0.2, 0.25) is 0 Å². The van der Waals surface area contributed by atoms with Crippen molar-refractivity contribution in [1.82, 2.24) is 0 Å². The van der Waals surface area contributed by atoms with Crippen molar-refractivity contribution in [2.24, 2.45) is 0 Å². The van der Waals surface area contributed by atoms with E-state index in [9.17, 15) is 0 Å². The van der Waals surface area contributed by atoms with E-state index in [1.165, 1.54) is 11.1 Å². The molecule has 1 aliphatic rings. The van der Waals surface area contributed by atoms with Crippen molar-refractivity contribution in [3.05, 3.63) is 23.9 Å². The molecule has 0 amide bonds. The molecule has 0 aromatic heterocycles. The molecule has 1 aliphatic heterocycles. The monoisotopic (exact) mass is 208 g/mol. The third-order valence-electron chi connectivity index (χ3n) is 4.32. The van der Waals surface area contributed by atoms with Gasteiger partial charge in [0.2, 0.25) is 0 Å². The van der Waals surface area contributed by atoms with Crippen LogP contribution in [-0.2, 0) is 0 Å². The number of allylic oxidation sites excluding steroid dienone is 2. The Morgan fingerprint density at radius 2 is 1.80 bits per heavy atom. The summed E-state index contributed by atoms with van der Waals surface area (Å²) in [5.74, 6) is 0. The summed E-state index contributed by atoms with van der Waals surface area (Å²) in [6, 6.07) is 2.21. The lowest BCUT2D eigenvalue weighted by Crippen LogP contribution is -2.32. The molecular formula is C14H26N+. The number of hydrogen-bond acceptors (Lipinski definition) is 0. The van der Waals surface area contributed by atoms with Crippen LogP contribution in [0.3, 0.4) is 0 Å². The van der Waals surface area contributed by atoms with E-state index in [2.05, 4.69) is 54.3 Å². The molecule has 0 aliphatic carbocycles. The van der Waals surface area contributed by atoms with Crippen molar-refractivity contribution in [3.63, 3.8) is 0 Å². The highest BCUT2D eigenvalue weighted by Crippen LogP contribution is 2.44. The Labute approximate surface area is 95.1 Å². The molecule has 1 fully saturated rings. The number of hydrogen-bond donors (Lipinski definition) is 0. The Balaban J connectivity index is 2.92. The maximum Gasteiger partial charge on any atom is 0.144 e. The first kappa shape index (κ1) is 12.5. The molecule has 1 heterocycles. The zero-order chi connectivity index (χ0) is 11.8. The molecule has 0 aromatic rings. The normalized spacial score (nSPS) is 35.8. The summed E-state index contributed by atoms with van der Waals surface area (Å²) < 4.78 is 1.14. The summed E-state index contributed by atoms with van der Waals surface area (Å²) in [4.78, 5) is 0. The van der Waals surface area contributed by atoms with Gasteiger partial charge in [-0.3, -0.25) is 4.48 Å². The Kier molecular flexibility index (Phi) is 3.44. The molecule has 2 unspecified atom stereocenters. The van der Waals surface area contributed by atoms with E-state index < -0.39 is 0 Å². The average molecular weight is 208 g/mol. The largest absolute Gasteiger partial charge is 0.281 e. The molecule has 0 spiro atoms. The molecule has 0 aromatic carbocycles. The van der Waals surface area contributed by atoms with Crippen LogP contribution in [0, 0.1) is 0 Å². The first-order valence-electron chi connectivity index (χ1n) is 6.13. The Morgan fingerprint density at radius 3 is 2.07 bits per heavy atom. The second-order valence-corrected chi connectivity index (χ2v) is 5.24. The quantitative estimate of drug-likeness (QED) is 0.374. The molecule has 1 rings (SSSR count). The summed E-state index contributed by atoms with van der Waals surface area (Å²) >= 11 is 0.